The summed E-state index contributed by atoms with van der Waals surface area (Å²) in [6.07, 6.45) is 5.11. The van der Waals surface area contributed by atoms with Crippen LogP contribution in [0, 0.1) is 0 Å². The van der Waals surface area contributed by atoms with Gasteiger partial charge in [-0.1, -0.05) is 0 Å². The first kappa shape index (κ1) is 12.1. The van der Waals surface area contributed by atoms with Crippen molar-refractivity contribution in [2.75, 3.05) is 19.4 Å². The van der Waals surface area contributed by atoms with E-state index in [1.165, 1.54) is 4.90 Å². The van der Waals surface area contributed by atoms with Crippen molar-refractivity contribution >= 4 is 17.4 Å². The number of aromatic nitrogens is 3. The number of anilines is 2. The predicted octanol–water partition coefficient (Wildman–Crippen LogP) is 1.26. The summed E-state index contributed by atoms with van der Waals surface area (Å²) in [5.74, 6) is 0.619. The van der Waals surface area contributed by atoms with Crippen LogP contribution in [0.2, 0.25) is 0 Å². The van der Waals surface area contributed by atoms with Gasteiger partial charge in [-0.25, -0.2) is 4.98 Å². The lowest BCUT2D eigenvalue weighted by molar-refractivity contribution is 0.0827. The Kier molecular flexibility index (Phi) is 3.27. The van der Waals surface area contributed by atoms with E-state index in [0.29, 0.717) is 11.4 Å². The van der Waals surface area contributed by atoms with Gasteiger partial charge >= 0.3 is 0 Å². The number of hydrogen-bond acceptors (Lipinski definition) is 4. The van der Waals surface area contributed by atoms with Crippen molar-refractivity contribution in [1.82, 2.24) is 19.7 Å². The topological polar surface area (TPSA) is 63.1 Å². The van der Waals surface area contributed by atoms with Gasteiger partial charge in [0.2, 0.25) is 0 Å². The highest BCUT2D eigenvalue weighted by Gasteiger charge is 2.08. The number of amides is 1. The highest BCUT2D eigenvalue weighted by molar-refractivity contribution is 5.93. The molecule has 0 aliphatic heterocycles. The fourth-order valence-electron chi connectivity index (χ4n) is 1.49. The van der Waals surface area contributed by atoms with Crippen LogP contribution in [0.1, 0.15) is 10.4 Å². The number of nitrogens with one attached hydrogen (secondary N) is 1. The van der Waals surface area contributed by atoms with E-state index in [4.69, 9.17) is 0 Å². The molecule has 2 heterocycles. The van der Waals surface area contributed by atoms with E-state index in [1.807, 2.05) is 13.2 Å². The smallest absolute Gasteiger partial charge is 0.254 e. The molecule has 18 heavy (non-hydrogen) atoms. The highest BCUT2D eigenvalue weighted by atomic mass is 16.2. The largest absolute Gasteiger partial charge is 0.345 e. The Morgan fingerprint density at radius 3 is 2.61 bits per heavy atom. The van der Waals surface area contributed by atoms with E-state index in [0.717, 1.165) is 5.69 Å². The Hall–Kier alpha value is -2.37. The molecule has 2 aromatic rings. The molecule has 0 radical (unpaired) electrons. The molecular weight excluding hydrogens is 230 g/mol. The predicted molar refractivity (Wildman–Crippen MR) is 68.7 cm³/mol. The van der Waals surface area contributed by atoms with Gasteiger partial charge in [-0.05, 0) is 12.1 Å². The summed E-state index contributed by atoms with van der Waals surface area (Å²) in [5, 5.41) is 7.15. The van der Waals surface area contributed by atoms with Gasteiger partial charge in [-0.15, -0.1) is 0 Å². The average Bonchev–Trinajstić information content (AvgIpc) is 2.75. The first-order valence-corrected chi connectivity index (χ1v) is 5.49. The Morgan fingerprint density at radius 2 is 2.11 bits per heavy atom. The molecule has 2 rings (SSSR count). The van der Waals surface area contributed by atoms with Crippen molar-refractivity contribution in [2.24, 2.45) is 7.05 Å². The number of rotatable bonds is 3. The monoisotopic (exact) mass is 245 g/mol. The molecule has 0 saturated heterocycles. The van der Waals surface area contributed by atoms with E-state index in [-0.39, 0.29) is 5.91 Å². The third kappa shape index (κ3) is 2.65. The van der Waals surface area contributed by atoms with E-state index < -0.39 is 0 Å². The molecule has 0 aromatic carbocycles. The minimum atomic E-state index is -0.0598. The van der Waals surface area contributed by atoms with Crippen LogP contribution in [0.25, 0.3) is 0 Å². The van der Waals surface area contributed by atoms with Gasteiger partial charge in [-0.3, -0.25) is 9.48 Å². The summed E-state index contributed by atoms with van der Waals surface area (Å²) in [5.41, 5.74) is 1.42. The lowest BCUT2D eigenvalue weighted by Gasteiger charge is -2.10. The number of carbonyl (C=O) groups is 1. The molecule has 1 amide bonds. The van der Waals surface area contributed by atoms with Crippen LogP contribution < -0.4 is 5.32 Å². The first-order valence-electron chi connectivity index (χ1n) is 5.49. The molecule has 6 heteroatoms. The van der Waals surface area contributed by atoms with Gasteiger partial charge in [-0.2, -0.15) is 5.10 Å². The van der Waals surface area contributed by atoms with Gasteiger partial charge in [0.05, 0.1) is 17.4 Å². The van der Waals surface area contributed by atoms with Gasteiger partial charge < -0.3 is 10.2 Å². The molecule has 0 atom stereocenters. The zero-order valence-corrected chi connectivity index (χ0v) is 10.6. The van der Waals surface area contributed by atoms with Crippen molar-refractivity contribution in [3.63, 3.8) is 0 Å². The third-order valence-electron chi connectivity index (χ3n) is 2.39. The fraction of sp³-hybridized carbons (Fsp3) is 0.250. The molecule has 1 N–H and O–H groups in total. The average molecular weight is 245 g/mol. The Bertz CT molecular complexity index is 544. The van der Waals surface area contributed by atoms with Crippen molar-refractivity contribution in [3.05, 3.63) is 36.3 Å². The maximum Gasteiger partial charge on any atom is 0.254 e. The summed E-state index contributed by atoms with van der Waals surface area (Å²) in [4.78, 5) is 17.4. The second kappa shape index (κ2) is 4.87. The van der Waals surface area contributed by atoms with Gasteiger partial charge in [0.1, 0.15) is 5.82 Å². The number of aryl methyl sites for hydroxylation is 1. The summed E-state index contributed by atoms with van der Waals surface area (Å²) < 4.78 is 1.70. The first-order chi connectivity index (χ1) is 8.56. The van der Waals surface area contributed by atoms with E-state index in [2.05, 4.69) is 15.4 Å². The van der Waals surface area contributed by atoms with Crippen LogP contribution in [0.3, 0.4) is 0 Å². The standard InChI is InChI=1S/C12H15N5O/c1-16(2)12(18)9-4-5-11(13-6-9)15-10-7-14-17(3)8-10/h4-8H,1-3H3,(H,13,15). The van der Waals surface area contributed by atoms with E-state index >= 15 is 0 Å². The normalized spacial score (nSPS) is 10.2. The van der Waals surface area contributed by atoms with Crippen LogP contribution >= 0.6 is 0 Å². The quantitative estimate of drug-likeness (QED) is 0.884. The summed E-state index contributed by atoms with van der Waals surface area (Å²) in [7, 11) is 5.27. The maximum absolute atomic E-state index is 11.7. The second-order valence-corrected chi connectivity index (χ2v) is 4.16. The minimum Gasteiger partial charge on any atom is -0.345 e. The second-order valence-electron chi connectivity index (χ2n) is 4.16. The molecule has 0 saturated carbocycles. The molecule has 0 fully saturated rings. The van der Waals surface area contributed by atoms with Crippen LogP contribution in [-0.4, -0.2) is 39.7 Å². The summed E-state index contributed by atoms with van der Waals surface area (Å²) in [6.45, 7) is 0. The molecular formula is C12H15N5O. The third-order valence-corrected chi connectivity index (χ3v) is 2.39. The lowest BCUT2D eigenvalue weighted by Crippen LogP contribution is -2.21. The summed E-state index contributed by atoms with van der Waals surface area (Å²) in [6, 6.07) is 3.51. The molecule has 0 bridgehead atoms. The lowest BCUT2D eigenvalue weighted by atomic mass is 10.2. The van der Waals surface area contributed by atoms with Crippen LogP contribution in [-0.2, 0) is 7.05 Å². The fourth-order valence-corrected chi connectivity index (χ4v) is 1.49. The van der Waals surface area contributed by atoms with Crippen molar-refractivity contribution in [2.45, 2.75) is 0 Å². The number of pyridine rings is 1. The molecule has 0 aliphatic rings. The SMILES string of the molecule is CN(C)C(=O)c1ccc(Nc2cnn(C)c2)nc1. The van der Waals surface area contributed by atoms with Gasteiger partial charge in [0.25, 0.3) is 5.91 Å². The Labute approximate surface area is 105 Å². The van der Waals surface area contributed by atoms with Crippen molar-refractivity contribution in [1.29, 1.82) is 0 Å². The molecule has 2 aromatic heterocycles. The zero-order valence-electron chi connectivity index (χ0n) is 10.6. The number of hydrogen-bond donors (Lipinski definition) is 1. The van der Waals surface area contributed by atoms with Crippen LogP contribution in [0.4, 0.5) is 11.5 Å². The highest BCUT2D eigenvalue weighted by Crippen LogP contribution is 2.13. The minimum absolute atomic E-state index is 0.0598. The van der Waals surface area contributed by atoms with Crippen molar-refractivity contribution in [3.8, 4) is 0 Å². The number of nitrogens with zero attached hydrogens (tertiary/aromatic N) is 4. The number of carbonyl (C=O) groups excluding carboxylic acids is 1. The van der Waals surface area contributed by atoms with Crippen molar-refractivity contribution < 1.29 is 4.79 Å². The van der Waals surface area contributed by atoms with Crippen LogP contribution in [0.15, 0.2) is 30.7 Å². The maximum atomic E-state index is 11.7. The molecule has 0 aliphatic carbocycles. The zero-order chi connectivity index (χ0) is 13.1. The summed E-state index contributed by atoms with van der Waals surface area (Å²) >= 11 is 0. The molecule has 0 unspecified atom stereocenters. The Balaban J connectivity index is 2.10. The Morgan fingerprint density at radius 1 is 1.33 bits per heavy atom. The van der Waals surface area contributed by atoms with Gasteiger partial charge in [0, 0.05) is 33.5 Å². The van der Waals surface area contributed by atoms with E-state index in [1.54, 1.807) is 43.3 Å². The molecule has 6 nitrogen and oxygen atoms in total. The molecule has 94 valence electrons. The van der Waals surface area contributed by atoms with Crippen LogP contribution in [0.5, 0.6) is 0 Å². The van der Waals surface area contributed by atoms with E-state index in [9.17, 15) is 4.79 Å². The van der Waals surface area contributed by atoms with Gasteiger partial charge in [0.15, 0.2) is 0 Å². The molecule has 0 spiro atoms.